The third-order valence-corrected chi connectivity index (χ3v) is 4.86. The first-order valence-corrected chi connectivity index (χ1v) is 9.78. The van der Waals surface area contributed by atoms with Crippen LogP contribution in [0.4, 0.5) is 0 Å². The standard InChI is InChI=1S/C24H28N2O/c1-19(25-20(2)27)17-23-11-7-21(8-12-23)5-6-22-9-13-24(14-10-22)18-26-15-3-4-16-26/h7-14,19H,3-4,15-18H2,1-2H3,(H,25,27). The summed E-state index contributed by atoms with van der Waals surface area (Å²) in [6, 6.07) is 17.0. The highest BCUT2D eigenvalue weighted by molar-refractivity contribution is 5.73. The minimum absolute atomic E-state index is 0.0106. The number of nitrogens with one attached hydrogen (secondary N) is 1. The maximum Gasteiger partial charge on any atom is 0.217 e. The van der Waals surface area contributed by atoms with Crippen LogP contribution in [0.15, 0.2) is 48.5 Å². The van der Waals surface area contributed by atoms with E-state index in [4.69, 9.17) is 0 Å². The number of nitrogens with zero attached hydrogens (tertiary/aromatic N) is 1. The fourth-order valence-corrected chi connectivity index (χ4v) is 3.51. The van der Waals surface area contributed by atoms with Crippen molar-refractivity contribution in [3.63, 3.8) is 0 Å². The number of carbonyl (C=O) groups is 1. The van der Waals surface area contributed by atoms with E-state index in [9.17, 15) is 4.79 Å². The summed E-state index contributed by atoms with van der Waals surface area (Å²) < 4.78 is 0. The summed E-state index contributed by atoms with van der Waals surface area (Å²) >= 11 is 0. The summed E-state index contributed by atoms with van der Waals surface area (Å²) in [4.78, 5) is 13.6. The molecule has 27 heavy (non-hydrogen) atoms. The smallest absolute Gasteiger partial charge is 0.217 e. The van der Waals surface area contributed by atoms with Crippen LogP contribution in [0.5, 0.6) is 0 Å². The zero-order valence-electron chi connectivity index (χ0n) is 16.3. The molecule has 0 spiro atoms. The monoisotopic (exact) mass is 360 g/mol. The molecule has 3 rings (SSSR count). The van der Waals surface area contributed by atoms with Gasteiger partial charge in [0.25, 0.3) is 0 Å². The van der Waals surface area contributed by atoms with E-state index in [1.54, 1.807) is 6.92 Å². The molecule has 2 aromatic carbocycles. The van der Waals surface area contributed by atoms with Gasteiger partial charge in [-0.05, 0) is 74.7 Å². The molecule has 0 aromatic heterocycles. The van der Waals surface area contributed by atoms with Gasteiger partial charge in [-0.3, -0.25) is 9.69 Å². The molecule has 0 bridgehead atoms. The van der Waals surface area contributed by atoms with Gasteiger partial charge in [0, 0.05) is 30.6 Å². The first-order chi connectivity index (χ1) is 13.1. The van der Waals surface area contributed by atoms with Gasteiger partial charge in [0.1, 0.15) is 0 Å². The number of hydrogen-bond acceptors (Lipinski definition) is 2. The Morgan fingerprint density at radius 3 is 2.00 bits per heavy atom. The summed E-state index contributed by atoms with van der Waals surface area (Å²) in [7, 11) is 0. The minimum atomic E-state index is 0.0106. The Hall–Kier alpha value is -2.57. The topological polar surface area (TPSA) is 32.3 Å². The second kappa shape index (κ2) is 9.39. The summed E-state index contributed by atoms with van der Waals surface area (Å²) in [5.41, 5.74) is 4.61. The summed E-state index contributed by atoms with van der Waals surface area (Å²) in [5, 5.41) is 2.91. The van der Waals surface area contributed by atoms with Crippen LogP contribution in [0.1, 0.15) is 48.9 Å². The van der Waals surface area contributed by atoms with E-state index in [1.165, 1.54) is 37.1 Å². The van der Waals surface area contributed by atoms with Crippen molar-refractivity contribution in [3.05, 3.63) is 70.8 Å². The van der Waals surface area contributed by atoms with Crippen LogP contribution in [-0.2, 0) is 17.8 Å². The van der Waals surface area contributed by atoms with Gasteiger partial charge >= 0.3 is 0 Å². The van der Waals surface area contributed by atoms with Crippen LogP contribution in [0, 0.1) is 11.8 Å². The SMILES string of the molecule is CC(=O)NC(C)Cc1ccc(C#Cc2ccc(CN3CCCC3)cc2)cc1. The fourth-order valence-electron chi connectivity index (χ4n) is 3.51. The highest BCUT2D eigenvalue weighted by Crippen LogP contribution is 2.13. The largest absolute Gasteiger partial charge is 0.354 e. The molecule has 1 aliphatic heterocycles. The second-order valence-electron chi connectivity index (χ2n) is 7.43. The van der Waals surface area contributed by atoms with Gasteiger partial charge in [-0.1, -0.05) is 36.1 Å². The lowest BCUT2D eigenvalue weighted by Gasteiger charge is -2.14. The molecular formula is C24H28N2O. The number of hydrogen-bond donors (Lipinski definition) is 1. The van der Waals surface area contributed by atoms with Crippen molar-refractivity contribution in [2.45, 2.75) is 45.7 Å². The number of benzene rings is 2. The molecule has 1 fully saturated rings. The Bertz CT molecular complexity index is 806. The van der Waals surface area contributed by atoms with E-state index in [-0.39, 0.29) is 11.9 Å². The average molecular weight is 361 g/mol. The molecular weight excluding hydrogens is 332 g/mol. The Labute approximate surface area is 162 Å². The van der Waals surface area contributed by atoms with Crippen LogP contribution in [0.25, 0.3) is 0 Å². The van der Waals surface area contributed by atoms with Gasteiger partial charge in [-0.15, -0.1) is 0 Å². The Kier molecular flexibility index (Phi) is 6.68. The zero-order valence-corrected chi connectivity index (χ0v) is 16.3. The molecule has 1 amide bonds. The number of amides is 1. The molecule has 1 atom stereocenters. The van der Waals surface area contributed by atoms with Crippen LogP contribution in [-0.4, -0.2) is 29.9 Å². The molecule has 140 valence electrons. The summed E-state index contributed by atoms with van der Waals surface area (Å²) in [5.74, 6) is 6.49. The molecule has 0 aliphatic carbocycles. The third-order valence-electron chi connectivity index (χ3n) is 4.86. The highest BCUT2D eigenvalue weighted by atomic mass is 16.1. The third kappa shape index (κ3) is 6.27. The van der Waals surface area contributed by atoms with Gasteiger partial charge in [-0.2, -0.15) is 0 Å². The van der Waals surface area contributed by atoms with E-state index >= 15 is 0 Å². The highest BCUT2D eigenvalue weighted by Gasteiger charge is 2.11. The van der Waals surface area contributed by atoms with Crippen molar-refractivity contribution in [2.24, 2.45) is 0 Å². The van der Waals surface area contributed by atoms with Gasteiger partial charge in [0.15, 0.2) is 0 Å². The van der Waals surface area contributed by atoms with Crippen LogP contribution >= 0.6 is 0 Å². The number of carbonyl (C=O) groups excluding carboxylic acids is 1. The van der Waals surface area contributed by atoms with Crippen molar-refractivity contribution < 1.29 is 4.79 Å². The quantitative estimate of drug-likeness (QED) is 0.824. The maximum absolute atomic E-state index is 11.1. The first-order valence-electron chi connectivity index (χ1n) is 9.78. The number of likely N-dealkylation sites (tertiary alicyclic amines) is 1. The second-order valence-corrected chi connectivity index (χ2v) is 7.43. The van der Waals surface area contributed by atoms with Crippen LogP contribution in [0.2, 0.25) is 0 Å². The first kappa shape index (κ1) is 19.2. The molecule has 0 radical (unpaired) electrons. The van der Waals surface area contributed by atoms with Gasteiger partial charge in [-0.25, -0.2) is 0 Å². The zero-order chi connectivity index (χ0) is 19.1. The van der Waals surface area contributed by atoms with Crippen molar-refractivity contribution in [2.75, 3.05) is 13.1 Å². The lowest BCUT2D eigenvalue weighted by atomic mass is 10.0. The molecule has 1 unspecified atom stereocenters. The molecule has 1 aliphatic rings. The Balaban J connectivity index is 1.56. The molecule has 0 saturated carbocycles. The van der Waals surface area contributed by atoms with Gasteiger partial charge < -0.3 is 5.32 Å². The predicted molar refractivity (Wildman–Crippen MR) is 110 cm³/mol. The molecule has 3 nitrogen and oxygen atoms in total. The minimum Gasteiger partial charge on any atom is -0.354 e. The number of rotatable bonds is 5. The molecule has 1 heterocycles. The van der Waals surface area contributed by atoms with E-state index in [1.807, 2.05) is 19.1 Å². The Morgan fingerprint density at radius 1 is 0.963 bits per heavy atom. The van der Waals surface area contributed by atoms with Gasteiger partial charge in [0.2, 0.25) is 5.91 Å². The molecule has 3 heteroatoms. The predicted octanol–water partition coefficient (Wildman–Crippen LogP) is 3.75. The normalized spacial score (nSPS) is 15.0. The van der Waals surface area contributed by atoms with E-state index in [0.717, 1.165) is 24.1 Å². The lowest BCUT2D eigenvalue weighted by Crippen LogP contribution is -2.31. The van der Waals surface area contributed by atoms with Crippen molar-refractivity contribution in [3.8, 4) is 11.8 Å². The van der Waals surface area contributed by atoms with Crippen LogP contribution in [0.3, 0.4) is 0 Å². The van der Waals surface area contributed by atoms with Crippen molar-refractivity contribution in [1.82, 2.24) is 10.2 Å². The fraction of sp³-hybridized carbons (Fsp3) is 0.375. The van der Waals surface area contributed by atoms with E-state index < -0.39 is 0 Å². The van der Waals surface area contributed by atoms with E-state index in [2.05, 4.69) is 58.5 Å². The lowest BCUT2D eigenvalue weighted by molar-refractivity contribution is -0.119. The summed E-state index contributed by atoms with van der Waals surface area (Å²) in [6.45, 7) is 7.06. The maximum atomic E-state index is 11.1. The van der Waals surface area contributed by atoms with Crippen molar-refractivity contribution in [1.29, 1.82) is 0 Å². The molecule has 1 N–H and O–H groups in total. The van der Waals surface area contributed by atoms with Gasteiger partial charge in [0.05, 0.1) is 0 Å². The van der Waals surface area contributed by atoms with Crippen molar-refractivity contribution >= 4 is 5.91 Å². The molecule has 1 saturated heterocycles. The Morgan fingerprint density at radius 2 is 1.48 bits per heavy atom. The molecule has 2 aromatic rings. The average Bonchev–Trinajstić information content (AvgIpc) is 3.15. The van der Waals surface area contributed by atoms with Crippen LogP contribution < -0.4 is 5.32 Å². The van der Waals surface area contributed by atoms with E-state index in [0.29, 0.717) is 0 Å². The summed E-state index contributed by atoms with van der Waals surface area (Å²) in [6.07, 6.45) is 3.48.